The van der Waals surface area contributed by atoms with E-state index in [0.717, 1.165) is 0 Å². The van der Waals surface area contributed by atoms with Crippen LogP contribution < -0.4 is 10.9 Å². The largest absolute Gasteiger partial charge is 0.467 e. The minimum absolute atomic E-state index is 0.162. The second-order valence-electron chi connectivity index (χ2n) is 5.80. The Kier molecular flexibility index (Phi) is 4.04. The number of hydrogen-bond acceptors (Lipinski definition) is 5. The molecule has 0 aliphatic carbocycles. The molecule has 26 heavy (non-hydrogen) atoms. The summed E-state index contributed by atoms with van der Waals surface area (Å²) in [5.41, 5.74) is -0.000840. The normalized spacial score (nSPS) is 11.3. The summed E-state index contributed by atoms with van der Waals surface area (Å²) in [6.45, 7) is 1.71. The van der Waals surface area contributed by atoms with Crippen molar-refractivity contribution in [1.82, 2.24) is 14.9 Å². The number of hydrogen-bond donors (Lipinski definition) is 1. The number of thiophene rings is 1. The Morgan fingerprint density at radius 1 is 1.35 bits per heavy atom. The Labute approximate surface area is 150 Å². The molecule has 4 rings (SSSR count). The van der Waals surface area contributed by atoms with Gasteiger partial charge in [0, 0.05) is 4.70 Å². The van der Waals surface area contributed by atoms with Crippen molar-refractivity contribution < 1.29 is 13.6 Å². The van der Waals surface area contributed by atoms with E-state index in [1.165, 1.54) is 28.2 Å². The molecule has 0 bridgehead atoms. The van der Waals surface area contributed by atoms with Crippen molar-refractivity contribution in [2.24, 2.45) is 0 Å². The second kappa shape index (κ2) is 6.38. The molecular weight excluding hydrogens is 357 g/mol. The van der Waals surface area contributed by atoms with E-state index in [4.69, 9.17) is 4.42 Å². The van der Waals surface area contributed by atoms with Crippen LogP contribution in [0.15, 0.2) is 45.8 Å². The third kappa shape index (κ3) is 2.78. The number of rotatable bonds is 4. The van der Waals surface area contributed by atoms with Crippen LogP contribution in [-0.4, -0.2) is 15.5 Å². The van der Waals surface area contributed by atoms with Crippen molar-refractivity contribution in [3.05, 3.63) is 64.4 Å². The van der Waals surface area contributed by atoms with E-state index in [-0.39, 0.29) is 24.6 Å². The van der Waals surface area contributed by atoms with Crippen molar-refractivity contribution in [1.29, 1.82) is 0 Å². The summed E-state index contributed by atoms with van der Waals surface area (Å²) < 4.78 is 21.6. The lowest BCUT2D eigenvalue weighted by atomic mass is 10.2. The predicted molar refractivity (Wildman–Crippen MR) is 96.6 cm³/mol. The Morgan fingerprint density at radius 3 is 2.96 bits per heavy atom. The first-order valence-corrected chi connectivity index (χ1v) is 8.73. The van der Waals surface area contributed by atoms with Gasteiger partial charge in [0.1, 0.15) is 28.6 Å². The Morgan fingerprint density at radius 2 is 2.19 bits per heavy atom. The first kappa shape index (κ1) is 16.5. The third-order valence-electron chi connectivity index (χ3n) is 4.08. The number of furan rings is 1. The van der Waals surface area contributed by atoms with Crippen LogP contribution in [0.25, 0.3) is 20.3 Å². The fourth-order valence-electron chi connectivity index (χ4n) is 2.82. The van der Waals surface area contributed by atoms with Crippen molar-refractivity contribution in [3.8, 4) is 0 Å². The highest BCUT2D eigenvalue weighted by Gasteiger charge is 2.17. The molecule has 4 aromatic rings. The molecule has 0 radical (unpaired) electrons. The summed E-state index contributed by atoms with van der Waals surface area (Å²) in [5, 5.41) is 3.04. The van der Waals surface area contributed by atoms with Crippen LogP contribution in [0.3, 0.4) is 0 Å². The van der Waals surface area contributed by atoms with Gasteiger partial charge in [-0.3, -0.25) is 14.2 Å². The number of aryl methyl sites for hydroxylation is 1. The molecule has 0 atom stereocenters. The molecule has 3 heterocycles. The SMILES string of the molecule is Cc1nc2c(sc3cccc(F)c32)c(=O)n1CC(=O)NCc1ccco1. The standard InChI is InChI=1S/C18H14FN3O3S/c1-10-21-16-15-12(19)5-2-6-13(15)26-17(16)18(24)22(10)9-14(23)20-8-11-4-3-7-25-11/h2-7H,8-9H2,1H3,(H,20,23). The van der Waals surface area contributed by atoms with Gasteiger partial charge < -0.3 is 9.73 Å². The molecule has 0 saturated heterocycles. The fraction of sp³-hybridized carbons (Fsp3) is 0.167. The zero-order valence-electron chi connectivity index (χ0n) is 13.8. The molecule has 0 aliphatic heterocycles. The molecule has 1 aromatic carbocycles. The molecule has 0 unspecified atom stereocenters. The highest BCUT2D eigenvalue weighted by molar-refractivity contribution is 7.25. The average Bonchev–Trinajstić information content (AvgIpc) is 3.25. The lowest BCUT2D eigenvalue weighted by Gasteiger charge is -2.09. The number of carbonyl (C=O) groups is 1. The molecule has 0 saturated carbocycles. The number of aromatic nitrogens is 2. The molecule has 0 aliphatic rings. The molecule has 6 nitrogen and oxygen atoms in total. The highest BCUT2D eigenvalue weighted by Crippen LogP contribution is 2.32. The molecule has 1 N–H and O–H groups in total. The van der Waals surface area contributed by atoms with E-state index >= 15 is 0 Å². The summed E-state index contributed by atoms with van der Waals surface area (Å²) in [5.74, 6) is 0.239. The molecule has 132 valence electrons. The number of benzene rings is 1. The van der Waals surface area contributed by atoms with E-state index < -0.39 is 5.82 Å². The van der Waals surface area contributed by atoms with Crippen LogP contribution in [0.4, 0.5) is 4.39 Å². The Bertz CT molecular complexity index is 1180. The summed E-state index contributed by atoms with van der Waals surface area (Å²) >= 11 is 1.18. The van der Waals surface area contributed by atoms with Crippen molar-refractivity contribution in [2.75, 3.05) is 0 Å². The first-order valence-electron chi connectivity index (χ1n) is 7.92. The van der Waals surface area contributed by atoms with Gasteiger partial charge in [-0.05, 0) is 31.2 Å². The Balaban J connectivity index is 1.69. The number of nitrogens with one attached hydrogen (secondary N) is 1. The molecule has 0 fully saturated rings. The Hall–Kier alpha value is -3.00. The maximum atomic E-state index is 14.1. The number of amides is 1. The minimum Gasteiger partial charge on any atom is -0.467 e. The van der Waals surface area contributed by atoms with Gasteiger partial charge in [0.15, 0.2) is 0 Å². The summed E-state index contributed by atoms with van der Waals surface area (Å²) in [7, 11) is 0. The zero-order valence-corrected chi connectivity index (χ0v) is 14.6. The summed E-state index contributed by atoms with van der Waals surface area (Å²) in [6.07, 6.45) is 1.52. The monoisotopic (exact) mass is 371 g/mol. The van der Waals surface area contributed by atoms with Crippen LogP contribution >= 0.6 is 11.3 Å². The number of nitrogens with zero attached hydrogens (tertiary/aromatic N) is 2. The third-order valence-corrected chi connectivity index (χ3v) is 5.22. The molecule has 1 amide bonds. The lowest BCUT2D eigenvalue weighted by molar-refractivity contribution is -0.122. The molecule has 3 aromatic heterocycles. The van der Waals surface area contributed by atoms with Crippen LogP contribution in [0.2, 0.25) is 0 Å². The molecular formula is C18H14FN3O3S. The predicted octanol–water partition coefficient (Wildman–Crippen LogP) is 2.97. The van der Waals surface area contributed by atoms with E-state index in [9.17, 15) is 14.0 Å². The quantitative estimate of drug-likeness (QED) is 0.598. The maximum absolute atomic E-state index is 14.1. The summed E-state index contributed by atoms with van der Waals surface area (Å²) in [6, 6.07) is 8.17. The van der Waals surface area contributed by atoms with E-state index in [1.807, 2.05) is 0 Å². The van der Waals surface area contributed by atoms with Gasteiger partial charge in [0.2, 0.25) is 5.91 Å². The highest BCUT2D eigenvalue weighted by atomic mass is 32.1. The molecule has 8 heteroatoms. The van der Waals surface area contributed by atoms with E-state index in [1.54, 1.807) is 31.2 Å². The van der Waals surface area contributed by atoms with E-state index in [0.29, 0.717) is 31.9 Å². The minimum atomic E-state index is -0.408. The van der Waals surface area contributed by atoms with Crippen LogP contribution in [0.5, 0.6) is 0 Å². The van der Waals surface area contributed by atoms with Gasteiger partial charge >= 0.3 is 0 Å². The van der Waals surface area contributed by atoms with Crippen molar-refractivity contribution in [2.45, 2.75) is 20.0 Å². The van der Waals surface area contributed by atoms with Gasteiger partial charge in [-0.2, -0.15) is 0 Å². The van der Waals surface area contributed by atoms with Crippen molar-refractivity contribution >= 4 is 37.5 Å². The van der Waals surface area contributed by atoms with Gasteiger partial charge in [-0.25, -0.2) is 9.37 Å². The van der Waals surface area contributed by atoms with Crippen molar-refractivity contribution in [3.63, 3.8) is 0 Å². The average molecular weight is 371 g/mol. The van der Waals surface area contributed by atoms with Gasteiger partial charge in [0.25, 0.3) is 5.56 Å². The van der Waals surface area contributed by atoms with Crippen LogP contribution in [0.1, 0.15) is 11.6 Å². The first-order chi connectivity index (χ1) is 12.5. The number of carbonyl (C=O) groups excluding carboxylic acids is 1. The zero-order chi connectivity index (χ0) is 18.3. The van der Waals surface area contributed by atoms with E-state index in [2.05, 4.69) is 10.3 Å². The van der Waals surface area contributed by atoms with Crippen LogP contribution in [0, 0.1) is 12.7 Å². The topological polar surface area (TPSA) is 77.1 Å². The van der Waals surface area contributed by atoms with Gasteiger partial charge in [-0.1, -0.05) is 6.07 Å². The molecule has 0 spiro atoms. The number of fused-ring (bicyclic) bond motifs is 3. The van der Waals surface area contributed by atoms with Crippen LogP contribution in [-0.2, 0) is 17.9 Å². The summed E-state index contributed by atoms with van der Waals surface area (Å²) in [4.78, 5) is 29.4. The number of halogens is 1. The maximum Gasteiger partial charge on any atom is 0.272 e. The van der Waals surface area contributed by atoms with Gasteiger partial charge in [-0.15, -0.1) is 11.3 Å². The fourth-order valence-corrected chi connectivity index (χ4v) is 3.92. The smallest absolute Gasteiger partial charge is 0.272 e. The van der Waals surface area contributed by atoms with Gasteiger partial charge in [0.05, 0.1) is 23.7 Å². The lowest BCUT2D eigenvalue weighted by Crippen LogP contribution is -2.33. The second-order valence-corrected chi connectivity index (χ2v) is 6.85.